The molecule has 0 radical (unpaired) electrons. The van der Waals surface area contributed by atoms with Gasteiger partial charge in [-0.05, 0) is 42.7 Å². The van der Waals surface area contributed by atoms with E-state index in [1.54, 1.807) is 0 Å². The van der Waals surface area contributed by atoms with Crippen molar-refractivity contribution in [2.45, 2.75) is 25.6 Å². The average Bonchev–Trinajstić information content (AvgIpc) is 2.43. The normalized spacial score (nSPS) is 10.3. The summed E-state index contributed by atoms with van der Waals surface area (Å²) in [5.74, 6) is 0.0188. The van der Waals surface area contributed by atoms with E-state index in [1.807, 2.05) is 38.1 Å². The van der Waals surface area contributed by atoms with Crippen LogP contribution in [0.5, 0.6) is 0 Å². The van der Waals surface area contributed by atoms with Crippen molar-refractivity contribution in [1.82, 2.24) is 0 Å². The van der Waals surface area contributed by atoms with Crippen LogP contribution in [0.4, 0.5) is 5.69 Å². The molecule has 2 rings (SSSR count). The minimum atomic E-state index is 0.0188. The lowest BCUT2D eigenvalue weighted by Gasteiger charge is -2.09. The number of amides is 1. The summed E-state index contributed by atoms with van der Waals surface area (Å²) >= 11 is 3.40. The van der Waals surface area contributed by atoms with E-state index in [4.69, 9.17) is 0 Å². The van der Waals surface area contributed by atoms with Crippen LogP contribution in [-0.4, -0.2) is 5.91 Å². The Hall–Kier alpha value is -1.61. The summed E-state index contributed by atoms with van der Waals surface area (Å²) in [6.07, 6.45) is 0.410. The van der Waals surface area contributed by atoms with Crippen LogP contribution >= 0.6 is 15.9 Å². The first-order valence-corrected chi connectivity index (χ1v) is 7.71. The van der Waals surface area contributed by atoms with Crippen LogP contribution in [0.3, 0.4) is 0 Å². The summed E-state index contributed by atoms with van der Waals surface area (Å²) in [6.45, 7) is 4.08. The molecular formula is C17H18BrNO. The van der Waals surface area contributed by atoms with E-state index in [1.165, 1.54) is 11.1 Å². The Morgan fingerprint density at radius 2 is 1.80 bits per heavy atom. The SMILES string of the molecule is Cc1ccc(C)c(CC(=O)Nc2ccc(CBr)cc2)c1. The number of rotatable bonds is 4. The number of hydrogen-bond donors (Lipinski definition) is 1. The second-order valence-corrected chi connectivity index (χ2v) is 5.55. The van der Waals surface area contributed by atoms with Crippen molar-refractivity contribution in [3.63, 3.8) is 0 Å². The first-order chi connectivity index (χ1) is 9.58. The third-order valence-electron chi connectivity index (χ3n) is 3.25. The monoisotopic (exact) mass is 331 g/mol. The van der Waals surface area contributed by atoms with E-state index >= 15 is 0 Å². The largest absolute Gasteiger partial charge is 0.326 e. The predicted molar refractivity (Wildman–Crippen MR) is 87.3 cm³/mol. The molecule has 0 saturated heterocycles. The number of nitrogens with one attached hydrogen (secondary N) is 1. The first kappa shape index (κ1) is 14.8. The maximum atomic E-state index is 12.1. The quantitative estimate of drug-likeness (QED) is 0.827. The molecule has 2 nitrogen and oxygen atoms in total. The van der Waals surface area contributed by atoms with Gasteiger partial charge in [0.25, 0.3) is 0 Å². The van der Waals surface area contributed by atoms with Gasteiger partial charge in [0, 0.05) is 11.0 Å². The highest BCUT2D eigenvalue weighted by Crippen LogP contribution is 2.14. The van der Waals surface area contributed by atoms with Gasteiger partial charge in [0.1, 0.15) is 0 Å². The molecule has 2 aromatic rings. The lowest BCUT2D eigenvalue weighted by Crippen LogP contribution is -2.15. The summed E-state index contributed by atoms with van der Waals surface area (Å²) in [5, 5.41) is 3.76. The molecule has 0 aliphatic rings. The molecule has 104 valence electrons. The summed E-state index contributed by atoms with van der Waals surface area (Å²) in [7, 11) is 0. The Balaban J connectivity index is 2.03. The third kappa shape index (κ3) is 3.94. The fraction of sp³-hybridized carbons (Fsp3) is 0.235. The van der Waals surface area contributed by atoms with Crippen molar-refractivity contribution < 1.29 is 4.79 Å². The van der Waals surface area contributed by atoms with Gasteiger partial charge in [0.2, 0.25) is 5.91 Å². The minimum Gasteiger partial charge on any atom is -0.326 e. The van der Waals surface area contributed by atoms with Crippen molar-refractivity contribution >= 4 is 27.5 Å². The molecular weight excluding hydrogens is 314 g/mol. The standard InChI is InChI=1S/C17H18BrNO/c1-12-3-4-13(2)15(9-12)10-17(20)19-16-7-5-14(11-18)6-8-16/h3-9H,10-11H2,1-2H3,(H,19,20). The van der Waals surface area contributed by atoms with Crippen molar-refractivity contribution in [3.8, 4) is 0 Å². The van der Waals surface area contributed by atoms with Gasteiger partial charge in [-0.3, -0.25) is 4.79 Å². The second-order valence-electron chi connectivity index (χ2n) is 4.99. The lowest BCUT2D eigenvalue weighted by atomic mass is 10.0. The summed E-state index contributed by atoms with van der Waals surface area (Å²) in [4.78, 5) is 12.1. The fourth-order valence-electron chi connectivity index (χ4n) is 2.05. The number of anilines is 1. The predicted octanol–water partition coefficient (Wildman–Crippen LogP) is 4.38. The van der Waals surface area contributed by atoms with Crippen LogP contribution in [0, 0.1) is 13.8 Å². The second kappa shape index (κ2) is 6.71. The van der Waals surface area contributed by atoms with E-state index < -0.39 is 0 Å². The van der Waals surface area contributed by atoms with E-state index in [0.717, 1.165) is 22.1 Å². The molecule has 0 spiro atoms. The van der Waals surface area contributed by atoms with Gasteiger partial charge < -0.3 is 5.32 Å². The fourth-order valence-corrected chi connectivity index (χ4v) is 2.42. The number of carbonyl (C=O) groups is 1. The highest BCUT2D eigenvalue weighted by atomic mass is 79.9. The Kier molecular flexibility index (Phi) is 4.96. The average molecular weight is 332 g/mol. The van der Waals surface area contributed by atoms with Gasteiger partial charge >= 0.3 is 0 Å². The van der Waals surface area contributed by atoms with Crippen molar-refractivity contribution in [2.24, 2.45) is 0 Å². The number of carbonyl (C=O) groups excluding carboxylic acids is 1. The Labute approximate surface area is 128 Å². The number of hydrogen-bond acceptors (Lipinski definition) is 1. The maximum Gasteiger partial charge on any atom is 0.228 e. The topological polar surface area (TPSA) is 29.1 Å². The zero-order valence-electron chi connectivity index (χ0n) is 11.7. The maximum absolute atomic E-state index is 12.1. The number of benzene rings is 2. The summed E-state index contributed by atoms with van der Waals surface area (Å²) in [5.41, 5.74) is 5.45. The minimum absolute atomic E-state index is 0.0188. The summed E-state index contributed by atoms with van der Waals surface area (Å²) in [6, 6.07) is 14.1. The van der Waals surface area contributed by atoms with Crippen LogP contribution in [-0.2, 0) is 16.5 Å². The lowest BCUT2D eigenvalue weighted by molar-refractivity contribution is -0.115. The van der Waals surface area contributed by atoms with E-state index in [0.29, 0.717) is 6.42 Å². The molecule has 1 N–H and O–H groups in total. The van der Waals surface area contributed by atoms with Gasteiger partial charge in [-0.1, -0.05) is 51.8 Å². The molecule has 0 bridgehead atoms. The van der Waals surface area contributed by atoms with Crippen molar-refractivity contribution in [3.05, 3.63) is 64.7 Å². The van der Waals surface area contributed by atoms with E-state index in [-0.39, 0.29) is 5.91 Å². The van der Waals surface area contributed by atoms with E-state index in [9.17, 15) is 4.79 Å². The molecule has 1 amide bonds. The molecule has 20 heavy (non-hydrogen) atoms. The summed E-state index contributed by atoms with van der Waals surface area (Å²) < 4.78 is 0. The Morgan fingerprint density at radius 1 is 1.10 bits per heavy atom. The van der Waals surface area contributed by atoms with Gasteiger partial charge in [-0.15, -0.1) is 0 Å². The molecule has 0 aliphatic heterocycles. The molecule has 3 heteroatoms. The number of aryl methyl sites for hydroxylation is 2. The molecule has 0 aromatic heterocycles. The van der Waals surface area contributed by atoms with E-state index in [2.05, 4.69) is 39.4 Å². The zero-order valence-corrected chi connectivity index (χ0v) is 13.3. The highest BCUT2D eigenvalue weighted by Gasteiger charge is 2.07. The van der Waals surface area contributed by atoms with Gasteiger partial charge in [-0.25, -0.2) is 0 Å². The molecule has 0 aliphatic carbocycles. The zero-order chi connectivity index (χ0) is 14.5. The molecule has 0 atom stereocenters. The highest BCUT2D eigenvalue weighted by molar-refractivity contribution is 9.08. The van der Waals surface area contributed by atoms with Crippen LogP contribution < -0.4 is 5.32 Å². The Bertz CT molecular complexity index is 605. The van der Waals surface area contributed by atoms with Gasteiger partial charge in [-0.2, -0.15) is 0 Å². The third-order valence-corrected chi connectivity index (χ3v) is 3.90. The number of halogens is 1. The van der Waals surface area contributed by atoms with Crippen molar-refractivity contribution in [2.75, 3.05) is 5.32 Å². The molecule has 0 unspecified atom stereocenters. The molecule has 2 aromatic carbocycles. The van der Waals surface area contributed by atoms with Crippen LogP contribution in [0.15, 0.2) is 42.5 Å². The number of alkyl halides is 1. The van der Waals surface area contributed by atoms with Gasteiger partial charge in [0.15, 0.2) is 0 Å². The molecule has 0 fully saturated rings. The van der Waals surface area contributed by atoms with Crippen LogP contribution in [0.2, 0.25) is 0 Å². The van der Waals surface area contributed by atoms with Crippen molar-refractivity contribution in [1.29, 1.82) is 0 Å². The first-order valence-electron chi connectivity index (χ1n) is 6.59. The molecule has 0 heterocycles. The molecule has 0 saturated carbocycles. The smallest absolute Gasteiger partial charge is 0.228 e. The van der Waals surface area contributed by atoms with Crippen LogP contribution in [0.25, 0.3) is 0 Å². The van der Waals surface area contributed by atoms with Crippen LogP contribution in [0.1, 0.15) is 22.3 Å². The Morgan fingerprint density at radius 3 is 2.45 bits per heavy atom. The van der Waals surface area contributed by atoms with Gasteiger partial charge in [0.05, 0.1) is 6.42 Å².